The minimum absolute atomic E-state index is 0.0661. The maximum absolute atomic E-state index is 13.0. The highest BCUT2D eigenvalue weighted by Gasteiger charge is 2.32. The number of nitrogens with zero attached hydrogens (tertiary/aromatic N) is 2. The zero-order valence-corrected chi connectivity index (χ0v) is 30.5. The lowest BCUT2D eigenvalue weighted by molar-refractivity contribution is -0.139. The Balaban J connectivity index is 1.20. The minimum Gasteiger partial charge on any atom is -0.480 e. The fourth-order valence-corrected chi connectivity index (χ4v) is 11.6. The number of rotatable bonds is 15. The second kappa shape index (κ2) is 16.4. The number of nitrogens with two attached hydrogens (primary N) is 1. The number of hydrogen-bond acceptors (Lipinski definition) is 8. The third kappa shape index (κ3) is 9.79. The van der Waals surface area contributed by atoms with E-state index in [-0.39, 0.29) is 15.5 Å². The van der Waals surface area contributed by atoms with E-state index in [1.165, 1.54) is 12.1 Å². The fraction of sp³-hybridized carbons (Fsp3) is 0.621. The van der Waals surface area contributed by atoms with Crippen molar-refractivity contribution in [2.75, 3.05) is 37.6 Å². The number of carboxylic acids is 1. The first-order chi connectivity index (χ1) is 21.3. The van der Waals surface area contributed by atoms with Crippen molar-refractivity contribution in [3.63, 3.8) is 0 Å². The van der Waals surface area contributed by atoms with Crippen LogP contribution in [-0.2, 0) is 24.8 Å². The van der Waals surface area contributed by atoms with Gasteiger partial charge >= 0.3 is 5.97 Å². The number of sulfonamides is 2. The van der Waals surface area contributed by atoms with Gasteiger partial charge < -0.3 is 15.7 Å². The number of unbranched alkanes of at least 4 members (excludes halogenated alkanes) is 1. The van der Waals surface area contributed by atoms with E-state index in [2.05, 4.69) is 25.6 Å². The molecule has 4 N–H and O–H groups in total. The summed E-state index contributed by atoms with van der Waals surface area (Å²) in [6.07, 6.45) is 8.35. The summed E-state index contributed by atoms with van der Waals surface area (Å²) >= 11 is 17.0. The first kappa shape index (κ1) is 36.9. The largest absolute Gasteiger partial charge is 0.480 e. The Kier molecular flexibility index (Phi) is 13.5. The third-order valence-corrected chi connectivity index (χ3v) is 15.3. The maximum Gasteiger partial charge on any atom is 0.321 e. The van der Waals surface area contributed by atoms with Crippen molar-refractivity contribution in [2.24, 2.45) is 17.6 Å². The molecule has 3 heterocycles. The van der Waals surface area contributed by atoms with Gasteiger partial charge in [-0.3, -0.25) is 4.79 Å². The summed E-state index contributed by atoms with van der Waals surface area (Å²) in [6.45, 7) is 3.11. The van der Waals surface area contributed by atoms with Crippen molar-refractivity contribution in [3.05, 3.63) is 38.1 Å². The monoisotopic (exact) mass is 786 g/mol. The van der Waals surface area contributed by atoms with Crippen LogP contribution < -0.4 is 15.4 Å². The van der Waals surface area contributed by atoms with Gasteiger partial charge in [0.25, 0.3) is 10.0 Å². The van der Waals surface area contributed by atoms with Gasteiger partial charge in [-0.1, -0.05) is 48.9 Å². The third-order valence-electron chi connectivity index (χ3n) is 8.74. The van der Waals surface area contributed by atoms with Crippen LogP contribution in [0.1, 0.15) is 64.2 Å². The molecule has 2 fully saturated rings. The molecule has 10 nitrogen and oxygen atoms in total. The number of hydrogen-bond donors (Lipinski definition) is 3. The molecule has 0 saturated carbocycles. The Morgan fingerprint density at radius 3 is 2.16 bits per heavy atom. The van der Waals surface area contributed by atoms with Crippen molar-refractivity contribution in [1.29, 1.82) is 0 Å². The summed E-state index contributed by atoms with van der Waals surface area (Å²) in [5.74, 6) is -0.111. The van der Waals surface area contributed by atoms with Crippen LogP contribution in [0.3, 0.4) is 0 Å². The molecule has 2 aliphatic rings. The van der Waals surface area contributed by atoms with Gasteiger partial charge in [0.1, 0.15) is 14.6 Å². The number of thiophene rings is 1. The number of carbonyl (C=O) groups is 1. The number of anilines is 1. The lowest BCUT2D eigenvalue weighted by Gasteiger charge is -2.35. The quantitative estimate of drug-likeness (QED) is 0.182. The SMILES string of the molecule is NCCCCC(NS(=O)(=O)c1ccc(N2CCC(CCCC3CCN(S(=O)(=O)c4cc(Br)c(Cl)s4)CC3)CC2)c(Cl)c1)C(=O)O. The summed E-state index contributed by atoms with van der Waals surface area (Å²) in [5, 5.41) is 9.77. The molecule has 0 spiro atoms. The normalized spacial score (nSPS) is 18.4. The predicted molar refractivity (Wildman–Crippen MR) is 183 cm³/mol. The fourth-order valence-electron chi connectivity index (χ4n) is 6.07. The van der Waals surface area contributed by atoms with Gasteiger partial charge in [0, 0.05) is 30.7 Å². The lowest BCUT2D eigenvalue weighted by atomic mass is 9.87. The second-order valence-corrected chi connectivity index (χ2v) is 18.6. The average molecular weight is 789 g/mol. The number of aliphatic carboxylic acids is 1. The Morgan fingerprint density at radius 1 is 1.00 bits per heavy atom. The predicted octanol–water partition coefficient (Wildman–Crippen LogP) is 6.17. The van der Waals surface area contributed by atoms with Gasteiger partial charge in [0.05, 0.1) is 15.6 Å². The molecule has 2 aliphatic heterocycles. The highest BCUT2D eigenvalue weighted by molar-refractivity contribution is 9.10. The topological polar surface area (TPSA) is 150 Å². The second-order valence-electron chi connectivity index (χ2n) is 11.8. The van der Waals surface area contributed by atoms with Crippen LogP contribution in [0.4, 0.5) is 5.69 Å². The summed E-state index contributed by atoms with van der Waals surface area (Å²) in [4.78, 5) is 13.7. The summed E-state index contributed by atoms with van der Waals surface area (Å²) < 4.78 is 57.0. The standard InChI is InChI=1S/C29H41BrCl2N4O6S3/c30-23-19-27(43-28(23)32)45(41,42)36-16-11-21(12-17-36)5-3-4-20-9-14-35(15-10-20)26-8-7-22(18-24(26)31)44(39,40)34-25(29(37)38)6-1-2-13-33/h7-8,18-21,25,34H,1-6,9-17,33H2,(H,37,38). The van der Waals surface area contributed by atoms with E-state index < -0.39 is 32.1 Å². The van der Waals surface area contributed by atoms with E-state index in [1.54, 1.807) is 16.4 Å². The molecule has 1 atom stereocenters. The van der Waals surface area contributed by atoms with Crippen molar-refractivity contribution >= 4 is 82.2 Å². The van der Waals surface area contributed by atoms with Crippen LogP contribution in [0.25, 0.3) is 0 Å². The Bertz CT molecular complexity index is 1510. The molecule has 252 valence electrons. The van der Waals surface area contributed by atoms with Gasteiger partial charge in [-0.15, -0.1) is 11.3 Å². The molecule has 16 heteroatoms. The van der Waals surface area contributed by atoms with Gasteiger partial charge in [-0.2, -0.15) is 9.03 Å². The van der Waals surface area contributed by atoms with Gasteiger partial charge in [-0.25, -0.2) is 16.8 Å². The van der Waals surface area contributed by atoms with Crippen LogP contribution in [0.15, 0.2) is 37.8 Å². The minimum atomic E-state index is -4.07. The Labute approximate surface area is 288 Å². The summed E-state index contributed by atoms with van der Waals surface area (Å²) in [7, 11) is -7.58. The molecule has 4 rings (SSSR count). The molecular weight excluding hydrogens is 747 g/mol. The molecule has 45 heavy (non-hydrogen) atoms. The van der Waals surface area contributed by atoms with E-state index in [0.29, 0.717) is 58.1 Å². The van der Waals surface area contributed by atoms with Crippen molar-refractivity contribution in [1.82, 2.24) is 9.03 Å². The van der Waals surface area contributed by atoms with E-state index in [0.717, 1.165) is 75.1 Å². The number of piperidine rings is 2. The van der Waals surface area contributed by atoms with E-state index >= 15 is 0 Å². The maximum atomic E-state index is 13.0. The molecule has 2 aromatic rings. The molecule has 1 aromatic carbocycles. The molecule has 0 radical (unpaired) electrons. The summed E-state index contributed by atoms with van der Waals surface area (Å²) in [5.41, 5.74) is 6.24. The van der Waals surface area contributed by atoms with E-state index in [1.807, 2.05) is 0 Å². The number of carboxylic acid groups (broad SMARTS) is 1. The first-order valence-electron chi connectivity index (χ1n) is 15.3. The first-order valence-corrected chi connectivity index (χ1v) is 20.6. The smallest absolute Gasteiger partial charge is 0.321 e. The summed E-state index contributed by atoms with van der Waals surface area (Å²) in [6, 6.07) is 4.90. The molecule has 1 unspecified atom stereocenters. The van der Waals surface area contributed by atoms with Crippen molar-refractivity contribution in [3.8, 4) is 0 Å². The van der Waals surface area contributed by atoms with Crippen LogP contribution in [0, 0.1) is 11.8 Å². The van der Waals surface area contributed by atoms with Crippen molar-refractivity contribution < 1.29 is 26.7 Å². The van der Waals surface area contributed by atoms with Gasteiger partial charge in [0.15, 0.2) is 0 Å². The average Bonchev–Trinajstić information content (AvgIpc) is 3.35. The number of nitrogens with one attached hydrogen (secondary N) is 1. The highest BCUT2D eigenvalue weighted by atomic mass is 79.9. The number of halogens is 3. The van der Waals surface area contributed by atoms with Crippen LogP contribution in [0.2, 0.25) is 9.36 Å². The van der Waals surface area contributed by atoms with Crippen LogP contribution in [0.5, 0.6) is 0 Å². The highest BCUT2D eigenvalue weighted by Crippen LogP contribution is 2.38. The number of benzene rings is 1. The van der Waals surface area contributed by atoms with Gasteiger partial charge in [0.2, 0.25) is 10.0 Å². The molecule has 0 aliphatic carbocycles. The molecule has 0 amide bonds. The Hall–Kier alpha value is -0.970. The zero-order chi connectivity index (χ0) is 32.8. The van der Waals surface area contributed by atoms with Crippen LogP contribution >= 0.6 is 50.5 Å². The molecular formula is C29H41BrCl2N4O6S3. The van der Waals surface area contributed by atoms with Crippen LogP contribution in [-0.4, -0.2) is 71.0 Å². The van der Waals surface area contributed by atoms with Gasteiger partial charge in [-0.05, 0) is 97.1 Å². The van der Waals surface area contributed by atoms with E-state index in [9.17, 15) is 26.7 Å². The Morgan fingerprint density at radius 2 is 1.62 bits per heavy atom. The lowest BCUT2D eigenvalue weighted by Crippen LogP contribution is -2.40. The van der Waals surface area contributed by atoms with E-state index in [4.69, 9.17) is 28.9 Å². The molecule has 1 aromatic heterocycles. The molecule has 2 saturated heterocycles. The zero-order valence-electron chi connectivity index (χ0n) is 25.0. The van der Waals surface area contributed by atoms with Crippen molar-refractivity contribution in [2.45, 2.75) is 79.4 Å². The molecule has 0 bridgehead atoms.